The Balaban J connectivity index is 1.42. The Morgan fingerprint density at radius 2 is 1.93 bits per heavy atom. The van der Waals surface area contributed by atoms with Crippen LogP contribution in [0.1, 0.15) is 5.56 Å². The van der Waals surface area contributed by atoms with E-state index in [0.717, 1.165) is 17.0 Å². The highest BCUT2D eigenvalue weighted by molar-refractivity contribution is 7.99. The summed E-state index contributed by atoms with van der Waals surface area (Å²) in [4.78, 5) is 25.0. The fourth-order valence-electron chi connectivity index (χ4n) is 2.92. The maximum Gasteiger partial charge on any atom is 0.300 e. The number of benzene rings is 2. The van der Waals surface area contributed by atoms with E-state index in [2.05, 4.69) is 15.5 Å². The van der Waals surface area contributed by atoms with Gasteiger partial charge in [-0.15, -0.1) is 10.2 Å². The lowest BCUT2D eigenvalue weighted by molar-refractivity contribution is -0.118. The number of para-hydroxylation sites is 1. The second-order valence-electron chi connectivity index (χ2n) is 6.40. The molecule has 0 bridgehead atoms. The van der Waals surface area contributed by atoms with Gasteiger partial charge in [-0.05, 0) is 29.8 Å². The highest BCUT2D eigenvalue weighted by Gasteiger charge is 2.13. The van der Waals surface area contributed by atoms with Gasteiger partial charge in [0.1, 0.15) is 5.75 Å². The van der Waals surface area contributed by atoms with Crippen LogP contribution >= 0.6 is 11.8 Å². The van der Waals surface area contributed by atoms with Gasteiger partial charge in [0.15, 0.2) is 5.16 Å². The average molecular weight is 421 g/mol. The van der Waals surface area contributed by atoms with Gasteiger partial charge in [-0.1, -0.05) is 42.1 Å². The first-order chi connectivity index (χ1) is 14.7. The van der Waals surface area contributed by atoms with Crippen molar-refractivity contribution >= 4 is 23.3 Å². The third-order valence-electron chi connectivity index (χ3n) is 4.43. The minimum absolute atomic E-state index is 0.141. The van der Waals surface area contributed by atoms with Gasteiger partial charge < -0.3 is 10.1 Å². The normalized spacial score (nSPS) is 10.8. The Hall–Kier alpha value is -3.59. The fraction of sp³-hybridized carbons (Fsp3) is 0.143. The second kappa shape index (κ2) is 8.83. The van der Waals surface area contributed by atoms with Gasteiger partial charge in [-0.3, -0.25) is 18.6 Å². The minimum Gasteiger partial charge on any atom is -0.497 e. The van der Waals surface area contributed by atoms with Gasteiger partial charge >= 0.3 is 5.56 Å². The first-order valence-corrected chi connectivity index (χ1v) is 10.2. The highest BCUT2D eigenvalue weighted by Crippen LogP contribution is 2.16. The summed E-state index contributed by atoms with van der Waals surface area (Å²) in [7, 11) is 1.60. The van der Waals surface area contributed by atoms with E-state index >= 15 is 0 Å². The summed E-state index contributed by atoms with van der Waals surface area (Å²) in [6.07, 6.45) is 3.39. The summed E-state index contributed by atoms with van der Waals surface area (Å²) < 4.78 is 8.30. The third kappa shape index (κ3) is 4.20. The van der Waals surface area contributed by atoms with Crippen molar-refractivity contribution < 1.29 is 9.53 Å². The second-order valence-corrected chi connectivity index (χ2v) is 7.34. The Bertz CT molecular complexity index is 1240. The maximum atomic E-state index is 12.7. The minimum atomic E-state index is -0.273. The number of aromatic nitrogens is 4. The number of nitrogens with one attached hydrogen (secondary N) is 1. The lowest BCUT2D eigenvalue weighted by Gasteiger charge is -2.07. The zero-order valence-electron chi connectivity index (χ0n) is 16.2. The number of hydrogen-bond donors (Lipinski definition) is 1. The Labute approximate surface area is 176 Å². The highest BCUT2D eigenvalue weighted by atomic mass is 32.2. The number of fused-ring (bicyclic) bond motifs is 1. The van der Waals surface area contributed by atoms with E-state index in [1.807, 2.05) is 54.6 Å². The number of ether oxygens (including phenoxy) is 1. The first kappa shape index (κ1) is 19.7. The van der Waals surface area contributed by atoms with E-state index in [-0.39, 0.29) is 22.9 Å². The quantitative estimate of drug-likeness (QED) is 0.461. The molecular weight excluding hydrogens is 402 g/mol. The molecule has 4 aromatic rings. The van der Waals surface area contributed by atoms with Crippen molar-refractivity contribution in [3.05, 3.63) is 82.9 Å². The number of rotatable bonds is 7. The number of carbonyl (C=O) groups excluding carboxylic acids is 1. The number of nitrogens with zero attached hydrogens (tertiary/aromatic N) is 4. The molecule has 2 aromatic heterocycles. The summed E-state index contributed by atoms with van der Waals surface area (Å²) in [6, 6.07) is 16.8. The predicted molar refractivity (Wildman–Crippen MR) is 114 cm³/mol. The molecule has 0 aliphatic heterocycles. The zero-order valence-corrected chi connectivity index (χ0v) is 17.0. The lowest BCUT2D eigenvalue weighted by atomic mass is 10.2. The van der Waals surface area contributed by atoms with Gasteiger partial charge in [-0.25, -0.2) is 0 Å². The molecule has 0 atom stereocenters. The molecule has 30 heavy (non-hydrogen) atoms. The van der Waals surface area contributed by atoms with Crippen molar-refractivity contribution in [3.63, 3.8) is 0 Å². The van der Waals surface area contributed by atoms with Gasteiger partial charge in [0.05, 0.1) is 12.9 Å². The fourth-order valence-corrected chi connectivity index (χ4v) is 3.67. The van der Waals surface area contributed by atoms with Gasteiger partial charge in [0.2, 0.25) is 11.6 Å². The smallest absolute Gasteiger partial charge is 0.300 e. The zero-order chi connectivity index (χ0) is 20.9. The molecular formula is C21H19N5O3S. The molecule has 0 aliphatic carbocycles. The van der Waals surface area contributed by atoms with Crippen molar-refractivity contribution in [1.82, 2.24) is 24.5 Å². The average Bonchev–Trinajstić information content (AvgIpc) is 3.21. The van der Waals surface area contributed by atoms with Crippen molar-refractivity contribution in [2.45, 2.75) is 11.7 Å². The number of carbonyl (C=O) groups is 1. The van der Waals surface area contributed by atoms with Crippen molar-refractivity contribution in [2.75, 3.05) is 12.9 Å². The van der Waals surface area contributed by atoms with Gasteiger partial charge in [-0.2, -0.15) is 0 Å². The molecule has 4 rings (SSSR count). The molecule has 2 aromatic carbocycles. The monoisotopic (exact) mass is 421 g/mol. The van der Waals surface area contributed by atoms with Gasteiger partial charge in [0, 0.05) is 24.6 Å². The molecule has 1 N–H and O–H groups in total. The van der Waals surface area contributed by atoms with Crippen LogP contribution in [0.4, 0.5) is 0 Å². The van der Waals surface area contributed by atoms with Crippen LogP contribution in [-0.4, -0.2) is 37.9 Å². The van der Waals surface area contributed by atoms with Gasteiger partial charge in [0.25, 0.3) is 0 Å². The Morgan fingerprint density at radius 1 is 1.10 bits per heavy atom. The molecule has 9 heteroatoms. The Kier molecular flexibility index (Phi) is 5.80. The third-order valence-corrected chi connectivity index (χ3v) is 5.37. The Morgan fingerprint density at radius 3 is 2.73 bits per heavy atom. The molecule has 0 spiro atoms. The molecule has 2 heterocycles. The predicted octanol–water partition coefficient (Wildman–Crippen LogP) is 2.30. The SMILES string of the molecule is COc1cccc(CNC(=O)CSc2nnc3c(=O)n(-c4ccccc4)ccn23)c1. The molecule has 0 saturated heterocycles. The number of hydrogen-bond acceptors (Lipinski definition) is 6. The van der Waals surface area contributed by atoms with E-state index in [0.29, 0.717) is 11.7 Å². The van der Waals surface area contributed by atoms with Crippen LogP contribution in [0.5, 0.6) is 5.75 Å². The number of thioether (sulfide) groups is 1. The van der Waals surface area contributed by atoms with E-state index < -0.39 is 0 Å². The van der Waals surface area contributed by atoms with Crippen LogP contribution in [-0.2, 0) is 11.3 Å². The molecule has 0 fully saturated rings. The van der Waals surface area contributed by atoms with Crippen LogP contribution in [0.2, 0.25) is 0 Å². The molecule has 8 nitrogen and oxygen atoms in total. The van der Waals surface area contributed by atoms with Crippen LogP contribution in [0.15, 0.2) is 76.9 Å². The van der Waals surface area contributed by atoms with Crippen LogP contribution in [0.3, 0.4) is 0 Å². The number of methoxy groups -OCH3 is 1. The first-order valence-electron chi connectivity index (χ1n) is 9.20. The summed E-state index contributed by atoms with van der Waals surface area (Å²) in [6.45, 7) is 0.402. The molecule has 0 unspecified atom stereocenters. The molecule has 1 amide bonds. The summed E-state index contributed by atoms with van der Waals surface area (Å²) in [5.74, 6) is 0.761. The summed E-state index contributed by atoms with van der Waals surface area (Å²) in [5.41, 5.74) is 1.63. The van der Waals surface area contributed by atoms with Crippen LogP contribution < -0.4 is 15.6 Å². The number of amides is 1. The molecule has 152 valence electrons. The standard InChI is InChI=1S/C21H19N5O3S/c1-29-17-9-5-6-15(12-17)13-22-18(27)14-30-21-24-23-19-20(28)25(10-11-26(19)21)16-7-3-2-4-8-16/h2-12H,13-14H2,1H3,(H,22,27). The summed E-state index contributed by atoms with van der Waals surface area (Å²) >= 11 is 1.22. The molecule has 0 aliphatic rings. The van der Waals surface area contributed by atoms with E-state index in [1.54, 1.807) is 23.9 Å². The largest absolute Gasteiger partial charge is 0.497 e. The maximum absolute atomic E-state index is 12.7. The van der Waals surface area contributed by atoms with E-state index in [4.69, 9.17) is 4.74 Å². The molecule has 0 radical (unpaired) electrons. The van der Waals surface area contributed by atoms with Crippen molar-refractivity contribution in [3.8, 4) is 11.4 Å². The van der Waals surface area contributed by atoms with E-state index in [1.165, 1.54) is 16.3 Å². The van der Waals surface area contributed by atoms with Crippen molar-refractivity contribution in [2.24, 2.45) is 0 Å². The topological polar surface area (TPSA) is 90.5 Å². The van der Waals surface area contributed by atoms with Crippen LogP contribution in [0, 0.1) is 0 Å². The summed E-state index contributed by atoms with van der Waals surface area (Å²) in [5, 5.41) is 11.4. The lowest BCUT2D eigenvalue weighted by Crippen LogP contribution is -2.24. The molecule has 0 saturated carbocycles. The van der Waals surface area contributed by atoms with Crippen LogP contribution in [0.25, 0.3) is 11.3 Å². The van der Waals surface area contributed by atoms with E-state index in [9.17, 15) is 9.59 Å². The van der Waals surface area contributed by atoms with Crippen molar-refractivity contribution in [1.29, 1.82) is 0 Å².